The average Bonchev–Trinajstić information content (AvgIpc) is 2.55. The van der Waals surface area contributed by atoms with Crippen LogP contribution in [0.3, 0.4) is 0 Å². The Morgan fingerprint density at radius 3 is 1.42 bits per heavy atom. The zero-order valence-corrected chi connectivity index (χ0v) is 16.6. The minimum atomic E-state index is -3.43. The number of ether oxygens (including phenoxy) is 2. The van der Waals surface area contributed by atoms with E-state index in [0.29, 0.717) is 52.1 Å². The van der Waals surface area contributed by atoms with Crippen LogP contribution in [0, 0.1) is 11.8 Å². The van der Waals surface area contributed by atoms with Crippen molar-refractivity contribution in [3.8, 4) is 0 Å². The first kappa shape index (κ1) is 23.3. The standard InChI is InChI=1S/2C8H15NO3S/c2*1-2-3-7-6-12-5-4-8(7)13(9,10)11/h2*2,7-8H,1,3-6H2,(H2,9,10,11)/t2*7-,8-/m10/s1. The van der Waals surface area contributed by atoms with Crippen molar-refractivity contribution in [2.75, 3.05) is 26.4 Å². The molecule has 0 saturated carbocycles. The van der Waals surface area contributed by atoms with Crippen molar-refractivity contribution < 1.29 is 26.3 Å². The number of allylic oxidation sites excluding steroid dienone is 2. The van der Waals surface area contributed by atoms with Gasteiger partial charge in [-0.2, -0.15) is 0 Å². The number of primary sulfonamides is 2. The van der Waals surface area contributed by atoms with Gasteiger partial charge in [0.15, 0.2) is 0 Å². The Morgan fingerprint density at radius 1 is 0.808 bits per heavy atom. The summed E-state index contributed by atoms with van der Waals surface area (Å²) in [5.41, 5.74) is 0. The molecule has 0 amide bonds. The lowest BCUT2D eigenvalue weighted by Crippen LogP contribution is -2.41. The SMILES string of the molecule is C=CC[C@@H]1COCC[C@H]1S(N)(=O)=O.C=CC[C@H]1COCC[C@@H]1S(N)(=O)=O. The summed E-state index contributed by atoms with van der Waals surface area (Å²) in [6.45, 7) is 9.05. The third-order valence-corrected chi connectivity index (χ3v) is 7.52. The third-order valence-electron chi connectivity index (χ3n) is 4.59. The zero-order valence-electron chi connectivity index (χ0n) is 15.0. The molecule has 0 unspecified atom stereocenters. The molecule has 0 radical (unpaired) electrons. The Kier molecular flexibility index (Phi) is 9.42. The van der Waals surface area contributed by atoms with E-state index in [0.717, 1.165) is 0 Å². The molecule has 0 aromatic rings. The molecule has 10 heteroatoms. The summed E-state index contributed by atoms with van der Waals surface area (Å²) in [5.74, 6) is -0.0532. The van der Waals surface area contributed by atoms with Gasteiger partial charge < -0.3 is 9.47 Å². The van der Waals surface area contributed by atoms with E-state index in [-0.39, 0.29) is 11.8 Å². The lowest BCUT2D eigenvalue weighted by atomic mass is 9.98. The molecule has 0 aromatic carbocycles. The minimum absolute atomic E-state index is 0.0266. The van der Waals surface area contributed by atoms with E-state index >= 15 is 0 Å². The monoisotopic (exact) mass is 410 g/mol. The van der Waals surface area contributed by atoms with Gasteiger partial charge in [0.05, 0.1) is 23.7 Å². The Balaban J connectivity index is 0.000000260. The fourth-order valence-corrected chi connectivity index (χ4v) is 5.59. The summed E-state index contributed by atoms with van der Waals surface area (Å²) >= 11 is 0. The highest BCUT2D eigenvalue weighted by Crippen LogP contribution is 2.24. The molecular formula is C16H30N2O6S2. The highest BCUT2D eigenvalue weighted by atomic mass is 32.2. The maximum atomic E-state index is 11.2. The molecule has 0 bridgehead atoms. The molecule has 2 rings (SSSR count). The Morgan fingerprint density at radius 2 is 1.15 bits per heavy atom. The summed E-state index contributed by atoms with van der Waals surface area (Å²) in [6, 6.07) is 0. The molecule has 4 atom stereocenters. The topological polar surface area (TPSA) is 139 Å². The van der Waals surface area contributed by atoms with Gasteiger partial charge in [0.25, 0.3) is 0 Å². The maximum Gasteiger partial charge on any atom is 0.212 e. The second-order valence-corrected chi connectivity index (χ2v) is 10.1. The molecule has 0 aliphatic carbocycles. The Hall–Kier alpha value is -0.780. The van der Waals surface area contributed by atoms with Gasteiger partial charge >= 0.3 is 0 Å². The van der Waals surface area contributed by atoms with Crippen LogP contribution >= 0.6 is 0 Å². The van der Waals surface area contributed by atoms with E-state index in [4.69, 9.17) is 19.8 Å². The van der Waals surface area contributed by atoms with E-state index in [1.165, 1.54) is 0 Å². The van der Waals surface area contributed by atoms with Crippen molar-refractivity contribution in [3.05, 3.63) is 25.3 Å². The van der Waals surface area contributed by atoms with Crippen LogP contribution in [0.2, 0.25) is 0 Å². The van der Waals surface area contributed by atoms with E-state index in [9.17, 15) is 16.8 Å². The number of hydrogen-bond donors (Lipinski definition) is 2. The van der Waals surface area contributed by atoms with Crippen LogP contribution in [0.5, 0.6) is 0 Å². The summed E-state index contributed by atoms with van der Waals surface area (Å²) in [5, 5.41) is 9.31. The van der Waals surface area contributed by atoms with Crippen LogP contribution in [0.15, 0.2) is 25.3 Å². The molecule has 2 aliphatic rings. The predicted octanol–water partition coefficient (Wildman–Crippen LogP) is 0.512. The molecule has 4 N–H and O–H groups in total. The molecule has 2 fully saturated rings. The summed E-state index contributed by atoms with van der Waals surface area (Å²) < 4.78 is 55.0. The Bertz CT molecular complexity index is 604. The first-order chi connectivity index (χ1) is 12.1. The number of sulfonamides is 2. The van der Waals surface area contributed by atoms with Crippen molar-refractivity contribution in [3.63, 3.8) is 0 Å². The van der Waals surface area contributed by atoms with Gasteiger partial charge in [0, 0.05) is 25.0 Å². The van der Waals surface area contributed by atoms with Crippen molar-refractivity contribution in [2.24, 2.45) is 22.1 Å². The zero-order chi connectivity index (χ0) is 19.8. The summed E-state index contributed by atoms with van der Waals surface area (Å²) in [7, 11) is -6.85. The lowest BCUT2D eigenvalue weighted by molar-refractivity contribution is 0.0582. The third kappa shape index (κ3) is 7.45. The molecule has 152 valence electrons. The van der Waals surface area contributed by atoms with E-state index in [1.807, 2.05) is 0 Å². The molecule has 8 nitrogen and oxygen atoms in total. The molecule has 2 aliphatic heterocycles. The maximum absolute atomic E-state index is 11.2. The van der Waals surface area contributed by atoms with Gasteiger partial charge in [-0.1, -0.05) is 12.2 Å². The second-order valence-electron chi connectivity index (χ2n) is 6.55. The van der Waals surface area contributed by atoms with Crippen molar-refractivity contribution in [2.45, 2.75) is 36.2 Å². The van der Waals surface area contributed by atoms with Gasteiger partial charge in [0.2, 0.25) is 20.0 Å². The van der Waals surface area contributed by atoms with Crippen molar-refractivity contribution in [1.29, 1.82) is 0 Å². The van der Waals surface area contributed by atoms with Gasteiger partial charge in [-0.05, 0) is 25.7 Å². The highest BCUT2D eigenvalue weighted by Gasteiger charge is 2.33. The van der Waals surface area contributed by atoms with Gasteiger partial charge in [0.1, 0.15) is 0 Å². The van der Waals surface area contributed by atoms with Crippen LogP contribution in [-0.4, -0.2) is 53.8 Å². The van der Waals surface area contributed by atoms with E-state index in [2.05, 4.69) is 13.2 Å². The molecule has 26 heavy (non-hydrogen) atoms. The number of rotatable bonds is 6. The summed E-state index contributed by atoms with van der Waals surface area (Å²) in [6.07, 6.45) is 5.69. The van der Waals surface area contributed by atoms with Crippen molar-refractivity contribution in [1.82, 2.24) is 0 Å². The predicted molar refractivity (Wildman–Crippen MR) is 101 cm³/mol. The van der Waals surface area contributed by atoms with Crippen LogP contribution in [0.4, 0.5) is 0 Å². The van der Waals surface area contributed by atoms with Crippen LogP contribution < -0.4 is 10.3 Å². The molecule has 0 spiro atoms. The fraction of sp³-hybridized carbons (Fsp3) is 0.750. The molecular weight excluding hydrogens is 380 g/mol. The quantitative estimate of drug-likeness (QED) is 0.612. The molecule has 2 saturated heterocycles. The first-order valence-electron chi connectivity index (χ1n) is 8.51. The number of nitrogens with two attached hydrogens (primary N) is 2. The molecule has 2 heterocycles. The van der Waals surface area contributed by atoms with E-state index < -0.39 is 30.5 Å². The summed E-state index contributed by atoms with van der Waals surface area (Å²) in [4.78, 5) is 0. The van der Waals surface area contributed by atoms with Crippen molar-refractivity contribution >= 4 is 20.0 Å². The second kappa shape index (κ2) is 10.5. The minimum Gasteiger partial charge on any atom is -0.381 e. The lowest BCUT2D eigenvalue weighted by Gasteiger charge is -2.28. The van der Waals surface area contributed by atoms with Crippen LogP contribution in [-0.2, 0) is 29.5 Å². The van der Waals surface area contributed by atoms with Crippen LogP contribution in [0.25, 0.3) is 0 Å². The van der Waals surface area contributed by atoms with Gasteiger partial charge in [-0.15, -0.1) is 13.2 Å². The largest absolute Gasteiger partial charge is 0.381 e. The fourth-order valence-electron chi connectivity index (χ4n) is 3.29. The number of hydrogen-bond acceptors (Lipinski definition) is 6. The van der Waals surface area contributed by atoms with Gasteiger partial charge in [-0.25, -0.2) is 27.1 Å². The first-order valence-corrected chi connectivity index (χ1v) is 11.7. The average molecular weight is 411 g/mol. The smallest absolute Gasteiger partial charge is 0.212 e. The van der Waals surface area contributed by atoms with Gasteiger partial charge in [-0.3, -0.25) is 0 Å². The highest BCUT2D eigenvalue weighted by molar-refractivity contribution is 7.90. The normalized spacial score (nSPS) is 29.9. The Labute approximate surface area is 156 Å². The van der Waals surface area contributed by atoms with E-state index in [1.54, 1.807) is 12.2 Å². The van der Waals surface area contributed by atoms with Crippen LogP contribution in [0.1, 0.15) is 25.7 Å². The molecule has 0 aromatic heterocycles.